The highest BCUT2D eigenvalue weighted by Gasteiger charge is 2.27. The van der Waals surface area contributed by atoms with E-state index in [1.807, 2.05) is 0 Å². The van der Waals surface area contributed by atoms with E-state index >= 15 is 0 Å². The molecule has 1 unspecified atom stereocenters. The number of hydrogen-bond donors (Lipinski definition) is 1. The minimum Gasteiger partial charge on any atom is -0.459 e. The van der Waals surface area contributed by atoms with Gasteiger partial charge in [-0.2, -0.15) is 0 Å². The fourth-order valence-electron chi connectivity index (χ4n) is 2.63. The molecule has 1 aromatic carbocycles. The normalized spacial score (nSPS) is 17.2. The Labute approximate surface area is 108 Å². The summed E-state index contributed by atoms with van der Waals surface area (Å²) in [7, 11) is 0. The second-order valence-electron chi connectivity index (χ2n) is 5.43. The molecule has 3 rings (SSSR count). The number of hydrogen-bond acceptors (Lipinski definition) is 2. The van der Waals surface area contributed by atoms with Gasteiger partial charge in [0.1, 0.15) is 11.3 Å². The number of para-hydroxylation sites is 1. The third kappa shape index (κ3) is 2.30. The molecule has 1 fully saturated rings. The molecule has 1 aliphatic carbocycles. The molecular weight excluding hydrogens is 222 g/mol. The van der Waals surface area contributed by atoms with Crippen LogP contribution in [0.3, 0.4) is 0 Å². The lowest BCUT2D eigenvalue weighted by Gasteiger charge is -2.14. The fraction of sp³-hybridized carbons (Fsp3) is 0.500. The Bertz CT molecular complexity index is 539. The largest absolute Gasteiger partial charge is 0.459 e. The molecular formula is C16H21NO. The zero-order valence-corrected chi connectivity index (χ0v) is 11.2. The van der Waals surface area contributed by atoms with E-state index < -0.39 is 0 Å². The molecule has 1 aromatic heterocycles. The maximum Gasteiger partial charge on any atom is 0.137 e. The van der Waals surface area contributed by atoms with Gasteiger partial charge in [0.2, 0.25) is 0 Å². The van der Waals surface area contributed by atoms with Crippen LogP contribution in [0, 0.1) is 12.8 Å². The molecule has 0 saturated heterocycles. The lowest BCUT2D eigenvalue weighted by Crippen LogP contribution is -2.20. The third-order valence-corrected chi connectivity index (χ3v) is 3.82. The highest BCUT2D eigenvalue weighted by molar-refractivity contribution is 5.81. The summed E-state index contributed by atoms with van der Waals surface area (Å²) in [5, 5.41) is 4.78. The van der Waals surface area contributed by atoms with E-state index in [-0.39, 0.29) is 0 Å². The van der Waals surface area contributed by atoms with Crippen molar-refractivity contribution in [2.45, 2.75) is 39.2 Å². The van der Waals surface area contributed by atoms with Crippen LogP contribution >= 0.6 is 0 Å². The van der Waals surface area contributed by atoms with Crippen molar-refractivity contribution in [2.75, 3.05) is 6.54 Å². The first-order chi connectivity index (χ1) is 8.78. The number of furan rings is 1. The lowest BCUT2D eigenvalue weighted by atomic mass is 10.1. The van der Waals surface area contributed by atoms with Gasteiger partial charge in [0, 0.05) is 5.39 Å². The molecule has 0 radical (unpaired) electrons. The quantitative estimate of drug-likeness (QED) is 0.851. The number of nitrogens with one attached hydrogen (secondary N) is 1. The van der Waals surface area contributed by atoms with Gasteiger partial charge in [-0.25, -0.2) is 0 Å². The van der Waals surface area contributed by atoms with Crippen molar-refractivity contribution in [3.63, 3.8) is 0 Å². The van der Waals surface area contributed by atoms with Gasteiger partial charge < -0.3 is 9.73 Å². The van der Waals surface area contributed by atoms with Crippen LogP contribution in [0.25, 0.3) is 11.0 Å². The molecule has 96 valence electrons. The van der Waals surface area contributed by atoms with Gasteiger partial charge in [0.25, 0.3) is 0 Å². The summed E-state index contributed by atoms with van der Waals surface area (Å²) < 4.78 is 6.08. The van der Waals surface area contributed by atoms with E-state index in [1.165, 1.54) is 30.2 Å². The molecule has 1 aliphatic rings. The van der Waals surface area contributed by atoms with Crippen molar-refractivity contribution < 1.29 is 4.42 Å². The van der Waals surface area contributed by atoms with Gasteiger partial charge in [-0.3, -0.25) is 0 Å². The van der Waals surface area contributed by atoms with Crippen LogP contribution in [-0.2, 0) is 0 Å². The number of aryl methyl sites for hydroxylation is 1. The monoisotopic (exact) mass is 243 g/mol. The van der Waals surface area contributed by atoms with Crippen LogP contribution in [-0.4, -0.2) is 6.54 Å². The predicted octanol–water partition coefficient (Wildman–Crippen LogP) is 4.19. The van der Waals surface area contributed by atoms with Gasteiger partial charge in [0.15, 0.2) is 0 Å². The molecule has 2 heteroatoms. The highest BCUT2D eigenvalue weighted by atomic mass is 16.3. The molecule has 0 spiro atoms. The zero-order valence-electron chi connectivity index (χ0n) is 11.2. The molecule has 0 amide bonds. The van der Waals surface area contributed by atoms with Crippen molar-refractivity contribution in [3.8, 4) is 0 Å². The van der Waals surface area contributed by atoms with Crippen molar-refractivity contribution in [1.82, 2.24) is 5.32 Å². The highest BCUT2D eigenvalue weighted by Crippen LogP contribution is 2.38. The van der Waals surface area contributed by atoms with Gasteiger partial charge in [-0.1, -0.05) is 38.0 Å². The minimum atomic E-state index is 0.384. The maximum atomic E-state index is 6.08. The van der Waals surface area contributed by atoms with E-state index in [9.17, 15) is 0 Å². The predicted molar refractivity (Wildman–Crippen MR) is 74.7 cm³/mol. The van der Waals surface area contributed by atoms with E-state index in [2.05, 4.69) is 43.4 Å². The summed E-state index contributed by atoms with van der Waals surface area (Å²) >= 11 is 0. The summed E-state index contributed by atoms with van der Waals surface area (Å²) in [6, 6.07) is 8.93. The fourth-order valence-corrected chi connectivity index (χ4v) is 2.63. The molecule has 2 aromatic rings. The van der Waals surface area contributed by atoms with Crippen LogP contribution in [0.4, 0.5) is 0 Å². The number of rotatable bonds is 5. The number of benzene rings is 1. The Hall–Kier alpha value is -1.28. The van der Waals surface area contributed by atoms with Gasteiger partial charge in [-0.05, 0) is 37.4 Å². The van der Waals surface area contributed by atoms with Gasteiger partial charge in [-0.15, -0.1) is 0 Å². The molecule has 0 aliphatic heterocycles. The van der Waals surface area contributed by atoms with E-state index in [4.69, 9.17) is 4.42 Å². The second-order valence-corrected chi connectivity index (χ2v) is 5.43. The van der Waals surface area contributed by atoms with Gasteiger partial charge in [0.05, 0.1) is 6.04 Å². The Balaban J connectivity index is 1.92. The van der Waals surface area contributed by atoms with Crippen molar-refractivity contribution in [3.05, 3.63) is 35.6 Å². The summed E-state index contributed by atoms with van der Waals surface area (Å²) in [5.74, 6) is 2.01. The average molecular weight is 243 g/mol. The molecule has 1 N–H and O–H groups in total. The Morgan fingerprint density at radius 1 is 1.39 bits per heavy atom. The molecule has 1 saturated carbocycles. The van der Waals surface area contributed by atoms with Crippen LogP contribution < -0.4 is 5.32 Å². The summed E-state index contributed by atoms with van der Waals surface area (Å²) in [6.07, 6.45) is 4.00. The first-order valence-corrected chi connectivity index (χ1v) is 7.00. The Morgan fingerprint density at radius 3 is 2.89 bits per heavy atom. The minimum absolute atomic E-state index is 0.384. The first kappa shape index (κ1) is 11.8. The van der Waals surface area contributed by atoms with Crippen LogP contribution in [0.5, 0.6) is 0 Å². The average Bonchev–Trinajstić information content (AvgIpc) is 3.06. The van der Waals surface area contributed by atoms with Crippen LogP contribution in [0.2, 0.25) is 0 Å². The van der Waals surface area contributed by atoms with E-state index in [1.54, 1.807) is 0 Å². The molecule has 1 atom stereocenters. The third-order valence-electron chi connectivity index (χ3n) is 3.82. The van der Waals surface area contributed by atoms with Crippen LogP contribution in [0.15, 0.2) is 28.7 Å². The maximum absolute atomic E-state index is 6.08. The second kappa shape index (κ2) is 4.77. The van der Waals surface area contributed by atoms with E-state index in [0.717, 1.165) is 23.8 Å². The molecule has 0 bridgehead atoms. The summed E-state index contributed by atoms with van der Waals surface area (Å²) in [4.78, 5) is 0. The number of fused-ring (bicyclic) bond motifs is 1. The molecule has 2 nitrogen and oxygen atoms in total. The Morgan fingerprint density at radius 2 is 2.22 bits per heavy atom. The van der Waals surface area contributed by atoms with E-state index in [0.29, 0.717) is 6.04 Å². The zero-order chi connectivity index (χ0) is 12.5. The molecule has 1 heterocycles. The van der Waals surface area contributed by atoms with Crippen molar-refractivity contribution in [2.24, 2.45) is 5.92 Å². The first-order valence-electron chi connectivity index (χ1n) is 7.00. The summed E-state index contributed by atoms with van der Waals surface area (Å²) in [5.41, 5.74) is 2.27. The molecule has 18 heavy (non-hydrogen) atoms. The topological polar surface area (TPSA) is 25.2 Å². The van der Waals surface area contributed by atoms with Crippen molar-refractivity contribution in [1.29, 1.82) is 0 Å². The van der Waals surface area contributed by atoms with Gasteiger partial charge >= 0.3 is 0 Å². The Kier molecular flexibility index (Phi) is 3.13. The van der Waals surface area contributed by atoms with Crippen molar-refractivity contribution >= 4 is 11.0 Å². The summed E-state index contributed by atoms with van der Waals surface area (Å²) in [6.45, 7) is 5.26. The standard InChI is InChI=1S/C16H21NO/c1-3-17-14(9-12-7-8-12)15-10-13-6-4-5-11(2)16(13)18-15/h4-6,10,12,14,17H,3,7-9H2,1-2H3. The smallest absolute Gasteiger partial charge is 0.137 e. The lowest BCUT2D eigenvalue weighted by molar-refractivity contribution is 0.402. The SMILES string of the molecule is CCNC(CC1CC1)c1cc2cccc(C)c2o1. The van der Waals surface area contributed by atoms with Crippen LogP contribution in [0.1, 0.15) is 43.6 Å².